The largest absolute Gasteiger partial charge is 0.322 e. The van der Waals surface area contributed by atoms with E-state index in [1.165, 1.54) is 0 Å². The minimum absolute atomic E-state index is 0.176. The predicted molar refractivity (Wildman–Crippen MR) is 102 cm³/mol. The van der Waals surface area contributed by atoms with E-state index in [1.807, 2.05) is 60.7 Å². The number of hydrogen-bond donors (Lipinski definition) is 2. The molecule has 3 nitrogen and oxygen atoms in total. The maximum Gasteiger partial charge on any atom is 0.241 e. The maximum atomic E-state index is 13.8. The van der Waals surface area contributed by atoms with Crippen LogP contribution in [-0.4, -0.2) is 11.9 Å². The van der Waals surface area contributed by atoms with Crippen molar-refractivity contribution in [2.75, 3.05) is 5.32 Å². The van der Waals surface area contributed by atoms with Gasteiger partial charge in [-0.05, 0) is 30.2 Å². The van der Waals surface area contributed by atoms with Crippen LogP contribution in [0.25, 0.3) is 0 Å². The van der Waals surface area contributed by atoms with Crippen molar-refractivity contribution >= 4 is 11.6 Å². The molecule has 3 aromatic rings. The van der Waals surface area contributed by atoms with Gasteiger partial charge in [0, 0.05) is 6.07 Å². The summed E-state index contributed by atoms with van der Waals surface area (Å²) in [5.41, 5.74) is 1.82. The SMILES string of the molecule is C[C@@H](NC(c1ccccc1)c1ccccc1)C(=O)Nc1cc(F)ccc1F. The number of benzene rings is 3. The zero-order chi connectivity index (χ0) is 19.2. The summed E-state index contributed by atoms with van der Waals surface area (Å²) in [6, 6.07) is 21.6. The third kappa shape index (κ3) is 4.77. The molecule has 27 heavy (non-hydrogen) atoms. The molecule has 0 spiro atoms. The lowest BCUT2D eigenvalue weighted by atomic mass is 9.98. The van der Waals surface area contributed by atoms with Gasteiger partial charge >= 0.3 is 0 Å². The number of rotatable bonds is 6. The second kappa shape index (κ2) is 8.56. The van der Waals surface area contributed by atoms with E-state index < -0.39 is 23.6 Å². The molecule has 2 N–H and O–H groups in total. The van der Waals surface area contributed by atoms with Crippen LogP contribution < -0.4 is 10.6 Å². The van der Waals surface area contributed by atoms with Crippen LogP contribution in [0.5, 0.6) is 0 Å². The van der Waals surface area contributed by atoms with E-state index in [0.29, 0.717) is 0 Å². The lowest BCUT2D eigenvalue weighted by Gasteiger charge is -2.24. The summed E-state index contributed by atoms with van der Waals surface area (Å²) < 4.78 is 27.1. The Labute approximate surface area is 157 Å². The third-order valence-corrected chi connectivity index (χ3v) is 4.26. The molecule has 0 saturated heterocycles. The highest BCUT2D eigenvalue weighted by Gasteiger charge is 2.21. The summed E-state index contributed by atoms with van der Waals surface area (Å²) in [4.78, 5) is 12.5. The smallest absolute Gasteiger partial charge is 0.241 e. The van der Waals surface area contributed by atoms with Gasteiger partial charge in [-0.2, -0.15) is 0 Å². The van der Waals surface area contributed by atoms with E-state index in [2.05, 4.69) is 10.6 Å². The molecule has 0 heterocycles. The van der Waals surface area contributed by atoms with Crippen LogP contribution in [0.3, 0.4) is 0 Å². The Kier molecular flexibility index (Phi) is 5.94. The normalized spacial score (nSPS) is 12.0. The number of hydrogen-bond acceptors (Lipinski definition) is 2. The number of carbonyl (C=O) groups is 1. The molecule has 0 unspecified atom stereocenters. The van der Waals surface area contributed by atoms with Crippen LogP contribution in [0.15, 0.2) is 78.9 Å². The van der Waals surface area contributed by atoms with E-state index in [9.17, 15) is 13.6 Å². The zero-order valence-electron chi connectivity index (χ0n) is 14.8. The van der Waals surface area contributed by atoms with Crippen molar-refractivity contribution in [2.45, 2.75) is 19.0 Å². The number of carbonyl (C=O) groups excluding carboxylic acids is 1. The summed E-state index contributed by atoms with van der Waals surface area (Å²) in [6.45, 7) is 1.69. The van der Waals surface area contributed by atoms with Gasteiger partial charge in [-0.15, -0.1) is 0 Å². The van der Waals surface area contributed by atoms with Crippen LogP contribution in [0.1, 0.15) is 24.1 Å². The van der Waals surface area contributed by atoms with E-state index in [1.54, 1.807) is 6.92 Å². The summed E-state index contributed by atoms with van der Waals surface area (Å²) in [7, 11) is 0. The number of anilines is 1. The topological polar surface area (TPSA) is 41.1 Å². The second-order valence-electron chi connectivity index (χ2n) is 6.26. The predicted octanol–water partition coefficient (Wildman–Crippen LogP) is 4.67. The first-order chi connectivity index (χ1) is 13.0. The van der Waals surface area contributed by atoms with Crippen LogP contribution >= 0.6 is 0 Å². The van der Waals surface area contributed by atoms with Gasteiger partial charge in [0.15, 0.2) is 0 Å². The molecule has 0 radical (unpaired) electrons. The van der Waals surface area contributed by atoms with Crippen LogP contribution in [0.4, 0.5) is 14.5 Å². The van der Waals surface area contributed by atoms with Gasteiger partial charge in [-0.1, -0.05) is 60.7 Å². The fourth-order valence-corrected chi connectivity index (χ4v) is 2.84. The molecular weight excluding hydrogens is 346 g/mol. The molecule has 3 rings (SSSR count). The van der Waals surface area contributed by atoms with Gasteiger partial charge in [0.2, 0.25) is 5.91 Å². The fourth-order valence-electron chi connectivity index (χ4n) is 2.84. The standard InChI is InChI=1S/C22H20F2N2O/c1-15(22(27)26-20-14-18(23)12-13-19(20)24)25-21(16-8-4-2-5-9-16)17-10-6-3-7-11-17/h2-15,21,25H,1H3,(H,26,27)/t15-/m1/s1. The first kappa shape index (κ1) is 18.7. The van der Waals surface area contributed by atoms with E-state index >= 15 is 0 Å². The summed E-state index contributed by atoms with van der Waals surface area (Å²) in [6.07, 6.45) is 0. The second-order valence-corrected chi connectivity index (χ2v) is 6.26. The average Bonchev–Trinajstić information content (AvgIpc) is 2.70. The van der Waals surface area contributed by atoms with Crippen LogP contribution in [-0.2, 0) is 4.79 Å². The van der Waals surface area contributed by atoms with Crippen molar-refractivity contribution in [1.29, 1.82) is 0 Å². The molecule has 0 aliphatic rings. The molecule has 0 aliphatic carbocycles. The van der Waals surface area contributed by atoms with Gasteiger partial charge in [-0.25, -0.2) is 8.78 Å². The van der Waals surface area contributed by atoms with Crippen molar-refractivity contribution in [1.82, 2.24) is 5.32 Å². The molecule has 0 saturated carbocycles. The highest BCUT2D eigenvalue weighted by molar-refractivity contribution is 5.94. The van der Waals surface area contributed by atoms with Crippen molar-refractivity contribution < 1.29 is 13.6 Å². The molecule has 0 aromatic heterocycles. The molecular formula is C22H20F2N2O. The Bertz CT molecular complexity index is 861. The Morgan fingerprint density at radius 3 is 1.96 bits per heavy atom. The third-order valence-electron chi connectivity index (χ3n) is 4.26. The molecule has 0 aliphatic heterocycles. The van der Waals surface area contributed by atoms with E-state index in [0.717, 1.165) is 29.3 Å². The fraction of sp³-hybridized carbons (Fsp3) is 0.136. The summed E-state index contributed by atoms with van der Waals surface area (Å²) in [5.74, 6) is -1.74. The number of nitrogens with one attached hydrogen (secondary N) is 2. The molecule has 138 valence electrons. The lowest BCUT2D eigenvalue weighted by Crippen LogP contribution is -2.40. The van der Waals surface area contributed by atoms with Crippen molar-refractivity contribution in [3.8, 4) is 0 Å². The number of halogens is 2. The van der Waals surface area contributed by atoms with Gasteiger partial charge in [0.1, 0.15) is 11.6 Å². The van der Waals surface area contributed by atoms with Gasteiger partial charge < -0.3 is 5.32 Å². The van der Waals surface area contributed by atoms with Crippen molar-refractivity contribution in [2.24, 2.45) is 0 Å². The molecule has 0 bridgehead atoms. The Morgan fingerprint density at radius 2 is 1.41 bits per heavy atom. The van der Waals surface area contributed by atoms with Gasteiger partial charge in [0.25, 0.3) is 0 Å². The summed E-state index contributed by atoms with van der Waals surface area (Å²) >= 11 is 0. The van der Waals surface area contributed by atoms with Gasteiger partial charge in [0.05, 0.1) is 17.8 Å². The zero-order valence-corrected chi connectivity index (χ0v) is 14.8. The lowest BCUT2D eigenvalue weighted by molar-refractivity contribution is -0.117. The molecule has 1 amide bonds. The molecule has 3 aromatic carbocycles. The molecule has 1 atom stereocenters. The van der Waals surface area contributed by atoms with Crippen LogP contribution in [0.2, 0.25) is 0 Å². The minimum Gasteiger partial charge on any atom is -0.322 e. The minimum atomic E-state index is -0.681. The Morgan fingerprint density at radius 1 is 0.852 bits per heavy atom. The van der Waals surface area contributed by atoms with E-state index in [4.69, 9.17) is 0 Å². The maximum absolute atomic E-state index is 13.8. The van der Waals surface area contributed by atoms with Crippen LogP contribution in [0, 0.1) is 11.6 Å². The molecule has 5 heteroatoms. The average molecular weight is 366 g/mol. The highest BCUT2D eigenvalue weighted by Crippen LogP contribution is 2.23. The van der Waals surface area contributed by atoms with Gasteiger partial charge in [-0.3, -0.25) is 10.1 Å². The number of amides is 1. The Balaban J connectivity index is 1.79. The van der Waals surface area contributed by atoms with E-state index in [-0.39, 0.29) is 11.7 Å². The molecule has 0 fully saturated rings. The Hall–Kier alpha value is -3.05. The van der Waals surface area contributed by atoms with Crippen molar-refractivity contribution in [3.05, 3.63) is 102 Å². The first-order valence-electron chi connectivity index (χ1n) is 8.66. The quantitative estimate of drug-likeness (QED) is 0.666. The first-order valence-corrected chi connectivity index (χ1v) is 8.66. The highest BCUT2D eigenvalue weighted by atomic mass is 19.1. The van der Waals surface area contributed by atoms with Crippen molar-refractivity contribution in [3.63, 3.8) is 0 Å². The monoisotopic (exact) mass is 366 g/mol. The summed E-state index contributed by atoms with van der Waals surface area (Å²) in [5, 5.41) is 5.72.